The number of nitrogens with zero attached hydrogens (tertiary/aromatic N) is 1. The number of allylic oxidation sites excluding steroid dienone is 1. The number of thioether (sulfide) groups is 1. The number of rotatable bonds is 6. The zero-order valence-corrected chi connectivity index (χ0v) is 18.6. The first kappa shape index (κ1) is 22.2. The maximum Gasteiger partial charge on any atom is 0.256 e. The van der Waals surface area contributed by atoms with Gasteiger partial charge in [0.15, 0.2) is 0 Å². The van der Waals surface area contributed by atoms with Gasteiger partial charge >= 0.3 is 0 Å². The molecular formula is C15H14F3INO2SY-. The van der Waals surface area contributed by atoms with Crippen LogP contribution in [0.25, 0.3) is 5.70 Å². The van der Waals surface area contributed by atoms with Crippen LogP contribution in [0, 0.1) is 11.9 Å². The van der Waals surface area contributed by atoms with Gasteiger partial charge in [0, 0.05) is 32.7 Å². The van der Waals surface area contributed by atoms with Crippen LogP contribution in [0.5, 0.6) is 5.75 Å². The maximum absolute atomic E-state index is 14.3. The van der Waals surface area contributed by atoms with Crippen LogP contribution in [-0.4, -0.2) is 39.9 Å². The Bertz CT molecular complexity index is 618. The number of hydrogen-bond acceptors (Lipinski definition) is 3. The van der Waals surface area contributed by atoms with E-state index in [0.29, 0.717) is 0 Å². The molecule has 0 saturated heterocycles. The second kappa shape index (κ2) is 10.4. The first-order chi connectivity index (χ1) is 11.0. The predicted octanol–water partition coefficient (Wildman–Crippen LogP) is 3.97. The van der Waals surface area contributed by atoms with Gasteiger partial charge in [-0.3, -0.25) is 4.79 Å². The molecule has 0 aromatic heterocycles. The Labute approximate surface area is 181 Å². The van der Waals surface area contributed by atoms with Crippen molar-refractivity contribution in [2.75, 3.05) is 18.7 Å². The Morgan fingerprint density at radius 1 is 1.50 bits per heavy atom. The van der Waals surface area contributed by atoms with Crippen molar-refractivity contribution in [1.29, 1.82) is 0 Å². The molecule has 0 bridgehead atoms. The molecule has 0 aliphatic carbocycles. The summed E-state index contributed by atoms with van der Waals surface area (Å²) in [6.07, 6.45) is 2.22. The third kappa shape index (κ3) is 5.35. The number of alkyl halides is 3. The summed E-state index contributed by atoms with van der Waals surface area (Å²) in [7, 11) is 0. The van der Waals surface area contributed by atoms with E-state index < -0.39 is 28.6 Å². The second-order valence-electron chi connectivity index (χ2n) is 4.70. The maximum atomic E-state index is 14.3. The van der Waals surface area contributed by atoms with Gasteiger partial charge in [-0.15, -0.1) is 17.5 Å². The van der Waals surface area contributed by atoms with Crippen LogP contribution in [-0.2, 0) is 37.5 Å². The molecule has 0 saturated carbocycles. The quantitative estimate of drug-likeness (QED) is 0.235. The van der Waals surface area contributed by atoms with Gasteiger partial charge in [0.25, 0.3) is 6.43 Å². The summed E-state index contributed by atoms with van der Waals surface area (Å²) in [5, 5.41) is 0. The molecule has 0 spiro atoms. The van der Waals surface area contributed by atoms with Crippen LogP contribution >= 0.6 is 34.4 Å². The Balaban J connectivity index is 0.00000288. The molecule has 129 valence electrons. The standard InChI is InChI=1S/C15H14F3INO2S.Y/c1-23-8-22-12-4-2-3-9(16)14(12)11-6-5-10(19)15(21)20(11)7-13(17)18;/h2-4,10,13H,5,7-8H2,1H3;/q-1;. The molecule has 0 N–H and O–H groups in total. The van der Waals surface area contributed by atoms with E-state index >= 15 is 0 Å². The smallest absolute Gasteiger partial charge is 0.256 e. The van der Waals surface area contributed by atoms with E-state index in [4.69, 9.17) is 4.74 Å². The molecule has 24 heavy (non-hydrogen) atoms. The summed E-state index contributed by atoms with van der Waals surface area (Å²) in [5.41, 5.74) is 0.0243. The summed E-state index contributed by atoms with van der Waals surface area (Å²) in [6.45, 7) is -0.795. The van der Waals surface area contributed by atoms with Crippen molar-refractivity contribution in [3.8, 4) is 5.75 Å². The van der Waals surface area contributed by atoms with Crippen LogP contribution in [0.4, 0.5) is 13.2 Å². The van der Waals surface area contributed by atoms with E-state index in [9.17, 15) is 18.0 Å². The minimum absolute atomic E-state index is 0. The number of carbonyl (C=O) groups excluding carboxylic acids is 1. The number of hydrogen-bond donors (Lipinski definition) is 0. The Hall–Kier alpha value is 0.204. The third-order valence-electron chi connectivity index (χ3n) is 3.12. The molecular weight excluding hydrogens is 531 g/mol. The monoisotopic (exact) mass is 545 g/mol. The summed E-state index contributed by atoms with van der Waals surface area (Å²) in [6, 6.07) is 4.22. The molecule has 1 amide bonds. The van der Waals surface area contributed by atoms with Crippen molar-refractivity contribution in [1.82, 2.24) is 4.90 Å². The average Bonchev–Trinajstić information content (AvgIpc) is 2.50. The first-order valence-electron chi connectivity index (χ1n) is 6.70. The Kier molecular flexibility index (Phi) is 9.62. The van der Waals surface area contributed by atoms with E-state index in [0.717, 1.165) is 4.90 Å². The largest absolute Gasteiger partial charge is 0.501 e. The molecule has 1 heterocycles. The van der Waals surface area contributed by atoms with Crippen molar-refractivity contribution in [3.63, 3.8) is 0 Å². The number of benzene rings is 1. The molecule has 1 atom stereocenters. The van der Waals surface area contributed by atoms with Crippen molar-refractivity contribution in [2.24, 2.45) is 0 Å². The van der Waals surface area contributed by atoms with E-state index in [1.807, 2.05) is 28.8 Å². The van der Waals surface area contributed by atoms with E-state index in [1.165, 1.54) is 23.9 Å². The van der Waals surface area contributed by atoms with Crippen molar-refractivity contribution < 1.29 is 55.4 Å². The Morgan fingerprint density at radius 3 is 2.83 bits per heavy atom. The molecule has 1 aliphatic heterocycles. The van der Waals surface area contributed by atoms with Crippen molar-refractivity contribution in [2.45, 2.75) is 16.8 Å². The molecule has 1 aromatic carbocycles. The van der Waals surface area contributed by atoms with Gasteiger partial charge < -0.3 is 9.64 Å². The Morgan fingerprint density at radius 2 is 2.21 bits per heavy atom. The number of ether oxygens (including phenoxy) is 1. The minimum Gasteiger partial charge on any atom is -0.501 e. The molecule has 1 radical (unpaired) electrons. The van der Waals surface area contributed by atoms with Crippen molar-refractivity contribution in [3.05, 3.63) is 35.7 Å². The van der Waals surface area contributed by atoms with Gasteiger partial charge in [-0.1, -0.05) is 40.6 Å². The van der Waals surface area contributed by atoms with Crippen LogP contribution in [0.2, 0.25) is 0 Å². The fourth-order valence-electron chi connectivity index (χ4n) is 2.17. The molecule has 2 rings (SSSR count). The second-order valence-corrected chi connectivity index (χ2v) is 7.02. The summed E-state index contributed by atoms with van der Waals surface area (Å²) < 4.78 is 45.0. The SMILES string of the molecule is CSCOc1cccc(F)c1C1=[C-]CC(I)C(=O)N1CC(F)F.[Y]. The average molecular weight is 545 g/mol. The number of halogens is 4. The van der Waals surface area contributed by atoms with Crippen LogP contribution in [0.15, 0.2) is 18.2 Å². The zero-order chi connectivity index (χ0) is 17.0. The summed E-state index contributed by atoms with van der Waals surface area (Å²) >= 11 is 3.27. The van der Waals surface area contributed by atoms with E-state index in [1.54, 1.807) is 6.07 Å². The van der Waals surface area contributed by atoms with Crippen LogP contribution in [0.3, 0.4) is 0 Å². The zero-order valence-electron chi connectivity index (χ0n) is 12.8. The fourth-order valence-corrected chi connectivity index (χ4v) is 2.97. The van der Waals surface area contributed by atoms with E-state index in [-0.39, 0.29) is 62.1 Å². The molecule has 0 fully saturated rings. The molecule has 1 unspecified atom stereocenters. The van der Waals surface area contributed by atoms with Gasteiger partial charge in [0.2, 0.25) is 5.91 Å². The topological polar surface area (TPSA) is 29.5 Å². The third-order valence-corrected chi connectivity index (χ3v) is 4.44. The first-order valence-corrected chi connectivity index (χ1v) is 9.34. The molecule has 1 aliphatic rings. The van der Waals surface area contributed by atoms with Crippen LogP contribution < -0.4 is 4.74 Å². The number of carbonyl (C=O) groups is 1. The van der Waals surface area contributed by atoms with Gasteiger partial charge in [-0.25, -0.2) is 19.2 Å². The minimum atomic E-state index is -2.72. The van der Waals surface area contributed by atoms with Gasteiger partial charge in [-0.05, 0) is 18.4 Å². The molecule has 1 aromatic rings. The molecule has 3 nitrogen and oxygen atoms in total. The normalized spacial score (nSPS) is 17.6. The summed E-state index contributed by atoms with van der Waals surface area (Å²) in [5.74, 6) is -0.619. The van der Waals surface area contributed by atoms with Gasteiger partial charge in [0.1, 0.15) is 5.94 Å². The van der Waals surface area contributed by atoms with Crippen LogP contribution in [0.1, 0.15) is 12.0 Å². The van der Waals surface area contributed by atoms with Crippen molar-refractivity contribution >= 4 is 46.0 Å². The number of amides is 1. The van der Waals surface area contributed by atoms with E-state index in [2.05, 4.69) is 6.08 Å². The van der Waals surface area contributed by atoms with Gasteiger partial charge in [0.05, 0.1) is 22.0 Å². The van der Waals surface area contributed by atoms with Gasteiger partial charge in [-0.2, -0.15) is 0 Å². The molecule has 9 heteroatoms. The summed E-state index contributed by atoms with van der Waals surface area (Å²) in [4.78, 5) is 13.1. The fraction of sp³-hybridized carbons (Fsp3) is 0.400. The predicted molar refractivity (Wildman–Crippen MR) is 92.2 cm³/mol.